The summed E-state index contributed by atoms with van der Waals surface area (Å²) in [7, 11) is 5.45. The van der Waals surface area contributed by atoms with Crippen molar-refractivity contribution in [3.05, 3.63) is 34.3 Å². The van der Waals surface area contributed by atoms with Crippen molar-refractivity contribution in [1.29, 1.82) is 0 Å². The normalized spacial score (nSPS) is 21.8. The highest BCUT2D eigenvalue weighted by molar-refractivity contribution is 7.82. The molecule has 0 radical (unpaired) electrons. The van der Waals surface area contributed by atoms with Gasteiger partial charge in [-0.2, -0.15) is 0 Å². The van der Waals surface area contributed by atoms with Crippen molar-refractivity contribution < 1.29 is 37.4 Å². The standard InChI is InChI=1S/C22H29N3O6S.C6H12O2.2C2H6/c1-12-13(2)22(26)31-17(12)16-15-14(5-8-24(16)3)21(32(27)25-9-6-23-7-10-25)20-19(18(15)28-4)29-11-30-20;1-4-6(8-3)5-7-2;2*1-2/h16-17,23H,5-11H2,1-4H3;5H,4H2,1-3H3;2*1-2H3/b;6-5-;;. The van der Waals surface area contributed by atoms with Gasteiger partial charge in [-0.25, -0.2) is 13.3 Å². The van der Waals surface area contributed by atoms with Gasteiger partial charge in [-0.1, -0.05) is 34.6 Å². The van der Waals surface area contributed by atoms with Gasteiger partial charge in [0.1, 0.15) is 34.0 Å². The molecule has 0 saturated carbocycles. The second-order valence-corrected chi connectivity index (χ2v) is 11.4. The molecule has 5 rings (SSSR count). The number of ether oxygens (including phenoxy) is 6. The van der Waals surface area contributed by atoms with Gasteiger partial charge in [0, 0.05) is 50.3 Å². The van der Waals surface area contributed by atoms with E-state index in [4.69, 9.17) is 28.4 Å². The number of likely N-dealkylation sites (N-methyl/N-ethyl adjacent to an activating group) is 1. The molecule has 1 N–H and O–H groups in total. The Morgan fingerprint density at radius 2 is 1.68 bits per heavy atom. The van der Waals surface area contributed by atoms with Gasteiger partial charge < -0.3 is 33.7 Å². The lowest BCUT2D eigenvalue weighted by Crippen LogP contribution is -2.45. The molecule has 4 aliphatic rings. The Balaban J connectivity index is 0.000000486. The molecule has 3 unspecified atom stereocenters. The molecule has 3 atom stereocenters. The van der Waals surface area contributed by atoms with Crippen LogP contribution in [0, 0.1) is 0 Å². The highest BCUT2D eigenvalue weighted by Crippen LogP contribution is 2.55. The van der Waals surface area contributed by atoms with E-state index in [2.05, 4.69) is 10.2 Å². The number of benzene rings is 1. The molecule has 4 heterocycles. The minimum Gasteiger partial charge on any atom is -0.501 e. The van der Waals surface area contributed by atoms with Gasteiger partial charge in [0.15, 0.2) is 11.5 Å². The maximum Gasteiger partial charge on any atom is 0.334 e. The number of carbonyl (C=O) groups excluding carboxylic acids is 1. The fraction of sp³-hybridized carbons (Fsp3) is 0.656. The molecule has 1 fully saturated rings. The lowest BCUT2D eigenvalue weighted by Gasteiger charge is -2.40. The Labute approximate surface area is 266 Å². The molecule has 1 aromatic rings. The van der Waals surface area contributed by atoms with E-state index in [0.717, 1.165) is 48.5 Å². The monoisotopic (exact) mass is 639 g/mol. The molecule has 0 amide bonds. The van der Waals surface area contributed by atoms with Crippen molar-refractivity contribution in [2.24, 2.45) is 0 Å². The maximum absolute atomic E-state index is 13.8. The average Bonchev–Trinajstić information content (AvgIpc) is 3.65. The zero-order chi connectivity index (χ0) is 33.0. The van der Waals surface area contributed by atoms with Gasteiger partial charge in [-0.3, -0.25) is 4.90 Å². The Morgan fingerprint density at radius 1 is 1.05 bits per heavy atom. The molecule has 44 heavy (non-hydrogen) atoms. The molecule has 250 valence electrons. The van der Waals surface area contributed by atoms with Crippen LogP contribution in [0.4, 0.5) is 0 Å². The van der Waals surface area contributed by atoms with E-state index in [1.165, 1.54) is 0 Å². The zero-order valence-electron chi connectivity index (χ0n) is 28.5. The summed E-state index contributed by atoms with van der Waals surface area (Å²) in [5.74, 6) is 2.13. The number of hydrogen-bond acceptors (Lipinski definition) is 10. The van der Waals surface area contributed by atoms with Gasteiger partial charge >= 0.3 is 5.97 Å². The number of piperazine rings is 1. The number of nitrogens with one attached hydrogen (secondary N) is 1. The van der Waals surface area contributed by atoms with E-state index in [9.17, 15) is 9.00 Å². The average molecular weight is 640 g/mol. The van der Waals surface area contributed by atoms with Crippen molar-refractivity contribution in [1.82, 2.24) is 14.5 Å². The van der Waals surface area contributed by atoms with Crippen molar-refractivity contribution in [3.8, 4) is 17.2 Å². The molecule has 4 aliphatic heterocycles. The summed E-state index contributed by atoms with van der Waals surface area (Å²) in [4.78, 5) is 15.2. The molecule has 0 bridgehead atoms. The Morgan fingerprint density at radius 3 is 2.18 bits per heavy atom. The first-order valence-electron chi connectivity index (χ1n) is 15.5. The molecule has 1 aromatic carbocycles. The predicted octanol–water partition coefficient (Wildman–Crippen LogP) is 4.73. The molecule has 11 nitrogen and oxygen atoms in total. The van der Waals surface area contributed by atoms with Crippen molar-refractivity contribution in [3.63, 3.8) is 0 Å². The van der Waals surface area contributed by atoms with E-state index < -0.39 is 17.1 Å². The van der Waals surface area contributed by atoms with Gasteiger partial charge in [0.2, 0.25) is 12.5 Å². The van der Waals surface area contributed by atoms with Crippen molar-refractivity contribution in [2.75, 3.05) is 67.9 Å². The van der Waals surface area contributed by atoms with E-state index in [1.807, 2.05) is 52.9 Å². The second kappa shape index (κ2) is 18.2. The van der Waals surface area contributed by atoms with Crippen molar-refractivity contribution >= 4 is 17.0 Å². The smallest absolute Gasteiger partial charge is 0.334 e. The predicted molar refractivity (Wildman–Crippen MR) is 172 cm³/mol. The number of carbonyl (C=O) groups is 1. The molecule has 0 aliphatic carbocycles. The van der Waals surface area contributed by atoms with Crippen LogP contribution in [0.2, 0.25) is 0 Å². The van der Waals surface area contributed by atoms with Crippen LogP contribution < -0.4 is 19.5 Å². The lowest BCUT2D eigenvalue weighted by molar-refractivity contribution is -0.142. The van der Waals surface area contributed by atoms with Crippen LogP contribution in [0.5, 0.6) is 17.2 Å². The van der Waals surface area contributed by atoms with E-state index >= 15 is 0 Å². The summed E-state index contributed by atoms with van der Waals surface area (Å²) < 4.78 is 48.7. The summed E-state index contributed by atoms with van der Waals surface area (Å²) in [6, 6.07) is -0.275. The number of cyclic esters (lactones) is 1. The molecule has 0 aromatic heterocycles. The van der Waals surface area contributed by atoms with Gasteiger partial charge in [0.05, 0.1) is 27.4 Å². The summed E-state index contributed by atoms with van der Waals surface area (Å²) in [6.07, 6.45) is 2.72. The first-order chi connectivity index (χ1) is 21.3. The topological polar surface area (TPSA) is 108 Å². The molecule has 1 saturated heterocycles. The Kier molecular flexibility index (Phi) is 15.5. The summed E-state index contributed by atoms with van der Waals surface area (Å²) in [6.45, 7) is 17.5. The number of methoxy groups -OCH3 is 3. The first kappa shape index (κ1) is 37.4. The number of hydrogen-bond donors (Lipinski definition) is 1. The van der Waals surface area contributed by atoms with Gasteiger partial charge in [0.25, 0.3) is 0 Å². The SMILES string of the molecule is CC.CC.CC/C(=C/OC)OC.COc1c2c(c(S(=O)N3CCNCC3)c3c1C(C1OC(=O)C(C)=C1C)N(C)CC3)OCO2. The third-order valence-electron chi connectivity index (χ3n) is 7.75. The van der Waals surface area contributed by atoms with Crippen LogP contribution in [-0.4, -0.2) is 93.4 Å². The zero-order valence-corrected chi connectivity index (χ0v) is 29.3. The first-order valence-corrected chi connectivity index (χ1v) is 16.6. The number of fused-ring (bicyclic) bond motifs is 2. The van der Waals surface area contributed by atoms with Crippen molar-refractivity contribution in [2.45, 2.75) is 78.3 Å². The molecular weight excluding hydrogens is 586 g/mol. The third-order valence-corrected chi connectivity index (χ3v) is 9.36. The fourth-order valence-electron chi connectivity index (χ4n) is 5.43. The summed E-state index contributed by atoms with van der Waals surface area (Å²) in [5.41, 5.74) is 3.36. The van der Waals surface area contributed by atoms with Crippen LogP contribution in [0.15, 0.2) is 28.1 Å². The largest absolute Gasteiger partial charge is 0.501 e. The maximum atomic E-state index is 13.8. The number of esters is 1. The summed E-state index contributed by atoms with van der Waals surface area (Å²) >= 11 is 0. The fourth-order valence-corrected chi connectivity index (χ4v) is 6.93. The molecule has 12 heteroatoms. The minimum atomic E-state index is -1.41. The van der Waals surface area contributed by atoms with Crippen LogP contribution in [0.25, 0.3) is 0 Å². The Bertz CT molecular complexity index is 1190. The van der Waals surface area contributed by atoms with Crippen LogP contribution in [0.3, 0.4) is 0 Å². The quantitative estimate of drug-likeness (QED) is 0.333. The van der Waals surface area contributed by atoms with Crippen LogP contribution >= 0.6 is 0 Å². The second-order valence-electron chi connectivity index (χ2n) is 9.93. The molecule has 0 spiro atoms. The van der Waals surface area contributed by atoms with Gasteiger partial charge in [-0.05, 0) is 38.5 Å². The van der Waals surface area contributed by atoms with E-state index in [-0.39, 0.29) is 18.8 Å². The van der Waals surface area contributed by atoms with E-state index in [1.54, 1.807) is 34.5 Å². The van der Waals surface area contributed by atoms with Gasteiger partial charge in [-0.15, -0.1) is 0 Å². The number of nitrogens with zero attached hydrogens (tertiary/aromatic N) is 2. The number of allylic oxidation sites excluding steroid dienone is 1. The lowest BCUT2D eigenvalue weighted by atomic mass is 9.85. The summed E-state index contributed by atoms with van der Waals surface area (Å²) in [5, 5.41) is 3.30. The minimum absolute atomic E-state index is 0.0529. The van der Waals surface area contributed by atoms with Crippen LogP contribution in [0.1, 0.15) is 72.1 Å². The van der Waals surface area contributed by atoms with Crippen LogP contribution in [-0.2, 0) is 36.4 Å². The third kappa shape index (κ3) is 7.88. The highest BCUT2D eigenvalue weighted by Gasteiger charge is 2.46. The Hall–Kier alpha value is -2.80. The van der Waals surface area contributed by atoms with E-state index in [0.29, 0.717) is 47.2 Å². The molecular formula is C32H53N3O8S. The highest BCUT2D eigenvalue weighted by atomic mass is 32.2. The number of rotatable bonds is 7.